The number of para-hydroxylation sites is 2. The number of fused-ring (bicyclic) bond motifs is 2. The van der Waals surface area contributed by atoms with E-state index in [9.17, 15) is 4.79 Å². The number of carbonyl (C=O) groups is 1. The van der Waals surface area contributed by atoms with Crippen molar-refractivity contribution in [2.24, 2.45) is 0 Å². The molecule has 2 aromatic heterocycles. The minimum Gasteiger partial charge on any atom is -0.462 e. The Bertz CT molecular complexity index is 1020. The normalized spacial score (nSPS) is 16.5. The highest BCUT2D eigenvalue weighted by atomic mass is 16.5. The van der Waals surface area contributed by atoms with Crippen LogP contribution in [0.2, 0.25) is 0 Å². The van der Waals surface area contributed by atoms with Gasteiger partial charge in [0.25, 0.3) is 0 Å². The summed E-state index contributed by atoms with van der Waals surface area (Å²) < 4.78 is 13.2. The van der Waals surface area contributed by atoms with Gasteiger partial charge in [-0.1, -0.05) is 44.7 Å². The van der Waals surface area contributed by atoms with Crippen molar-refractivity contribution in [3.8, 4) is 0 Å². The standard InChI is InChI=1S/C23H30N4O3/c1-2-3-4-5-8-13-30-23(28)19-20-22(26-18-12-7-6-11-17(18)25-20)27(21(19)24)15-16-10-9-14-29-16/h6-7,11-12,16H,2-5,8-10,13-15,24H2,1H3/t16-/m1/s1. The fraction of sp³-hybridized carbons (Fsp3) is 0.522. The zero-order valence-corrected chi connectivity index (χ0v) is 17.6. The van der Waals surface area contributed by atoms with Gasteiger partial charge in [0.15, 0.2) is 5.65 Å². The molecule has 0 radical (unpaired) electrons. The molecule has 160 valence electrons. The van der Waals surface area contributed by atoms with E-state index in [1.165, 1.54) is 12.8 Å². The quantitative estimate of drug-likeness (QED) is 0.413. The predicted molar refractivity (Wildman–Crippen MR) is 117 cm³/mol. The van der Waals surface area contributed by atoms with Gasteiger partial charge in [0.2, 0.25) is 0 Å². The highest BCUT2D eigenvalue weighted by molar-refractivity contribution is 6.08. The number of nitrogens with zero attached hydrogens (tertiary/aromatic N) is 3. The van der Waals surface area contributed by atoms with Gasteiger partial charge < -0.3 is 19.8 Å². The first-order valence-corrected chi connectivity index (χ1v) is 11.0. The third-order valence-corrected chi connectivity index (χ3v) is 5.69. The van der Waals surface area contributed by atoms with E-state index >= 15 is 0 Å². The summed E-state index contributed by atoms with van der Waals surface area (Å²) in [6.45, 7) is 3.88. The molecule has 1 aliphatic heterocycles. The summed E-state index contributed by atoms with van der Waals surface area (Å²) in [5.74, 6) is -0.0737. The number of hydrogen-bond acceptors (Lipinski definition) is 6. The van der Waals surface area contributed by atoms with E-state index < -0.39 is 5.97 Å². The van der Waals surface area contributed by atoms with Crippen molar-refractivity contribution in [1.29, 1.82) is 0 Å². The van der Waals surface area contributed by atoms with Crippen molar-refractivity contribution >= 4 is 34.0 Å². The highest BCUT2D eigenvalue weighted by Crippen LogP contribution is 2.30. The molecule has 3 heterocycles. The predicted octanol–water partition coefficient (Wildman–Crippen LogP) is 4.47. The number of anilines is 1. The second-order valence-electron chi connectivity index (χ2n) is 7.94. The van der Waals surface area contributed by atoms with Gasteiger partial charge in [0.05, 0.1) is 30.3 Å². The molecule has 1 aliphatic rings. The van der Waals surface area contributed by atoms with Crippen molar-refractivity contribution in [2.75, 3.05) is 18.9 Å². The number of benzene rings is 1. The first-order chi connectivity index (χ1) is 14.7. The van der Waals surface area contributed by atoms with E-state index in [-0.39, 0.29) is 6.10 Å². The number of unbranched alkanes of at least 4 members (excludes halogenated alkanes) is 4. The Labute approximate surface area is 176 Å². The average molecular weight is 411 g/mol. The number of esters is 1. The molecule has 1 atom stereocenters. The van der Waals surface area contributed by atoms with Crippen molar-refractivity contribution in [3.63, 3.8) is 0 Å². The van der Waals surface area contributed by atoms with Crippen LogP contribution in [0.15, 0.2) is 24.3 Å². The van der Waals surface area contributed by atoms with Crippen LogP contribution in [0, 0.1) is 0 Å². The van der Waals surface area contributed by atoms with Gasteiger partial charge in [-0.05, 0) is 31.4 Å². The largest absolute Gasteiger partial charge is 0.462 e. The van der Waals surface area contributed by atoms with Crippen LogP contribution in [0.5, 0.6) is 0 Å². The van der Waals surface area contributed by atoms with Crippen LogP contribution in [-0.4, -0.2) is 39.8 Å². The molecule has 0 unspecified atom stereocenters. The molecule has 4 rings (SSSR count). The molecule has 3 aromatic rings. The van der Waals surface area contributed by atoms with E-state index in [0.717, 1.165) is 49.7 Å². The van der Waals surface area contributed by atoms with Gasteiger partial charge >= 0.3 is 5.97 Å². The van der Waals surface area contributed by atoms with Gasteiger partial charge in [-0.15, -0.1) is 0 Å². The number of aromatic nitrogens is 3. The summed E-state index contributed by atoms with van der Waals surface area (Å²) in [4.78, 5) is 22.4. The number of hydrogen-bond donors (Lipinski definition) is 1. The maximum atomic E-state index is 12.9. The lowest BCUT2D eigenvalue weighted by Crippen LogP contribution is -2.17. The first-order valence-electron chi connectivity index (χ1n) is 11.0. The summed E-state index contributed by atoms with van der Waals surface area (Å²) in [6, 6.07) is 7.63. The molecule has 0 spiro atoms. The Balaban J connectivity index is 1.64. The van der Waals surface area contributed by atoms with Crippen LogP contribution >= 0.6 is 0 Å². The number of nitrogen functional groups attached to an aromatic ring is 1. The lowest BCUT2D eigenvalue weighted by Gasteiger charge is -2.13. The smallest absolute Gasteiger partial charge is 0.344 e. The number of carbonyl (C=O) groups excluding carboxylic acids is 1. The summed E-state index contributed by atoms with van der Waals surface area (Å²) >= 11 is 0. The number of nitrogens with two attached hydrogens (primary N) is 1. The fourth-order valence-corrected chi connectivity index (χ4v) is 4.04. The Morgan fingerprint density at radius 1 is 1.20 bits per heavy atom. The molecule has 1 saturated heterocycles. The van der Waals surface area contributed by atoms with Crippen molar-refractivity contribution < 1.29 is 14.3 Å². The number of ether oxygens (including phenoxy) is 2. The molecule has 1 aromatic carbocycles. The van der Waals surface area contributed by atoms with Gasteiger partial charge in [-0.2, -0.15) is 0 Å². The maximum Gasteiger partial charge on any atom is 0.344 e. The minimum atomic E-state index is -0.427. The fourth-order valence-electron chi connectivity index (χ4n) is 4.04. The van der Waals surface area contributed by atoms with Crippen LogP contribution in [-0.2, 0) is 16.0 Å². The van der Waals surface area contributed by atoms with Crippen molar-refractivity contribution in [1.82, 2.24) is 14.5 Å². The Kier molecular flexibility index (Phi) is 6.47. The molecule has 7 nitrogen and oxygen atoms in total. The van der Waals surface area contributed by atoms with Crippen LogP contribution in [0.3, 0.4) is 0 Å². The molecular weight excluding hydrogens is 380 g/mol. The van der Waals surface area contributed by atoms with Crippen LogP contribution in [0.4, 0.5) is 5.82 Å². The molecule has 1 fully saturated rings. The van der Waals surface area contributed by atoms with Crippen LogP contribution in [0.25, 0.3) is 22.2 Å². The summed E-state index contributed by atoms with van der Waals surface area (Å²) in [6.07, 6.45) is 7.54. The molecule has 0 aliphatic carbocycles. The third kappa shape index (κ3) is 4.26. The summed E-state index contributed by atoms with van der Waals surface area (Å²) in [5, 5.41) is 0. The molecule has 7 heteroatoms. The van der Waals surface area contributed by atoms with Crippen LogP contribution in [0.1, 0.15) is 62.2 Å². The topological polar surface area (TPSA) is 92.3 Å². The maximum absolute atomic E-state index is 12.9. The molecule has 0 amide bonds. The zero-order valence-electron chi connectivity index (χ0n) is 17.6. The SMILES string of the molecule is CCCCCCCOC(=O)c1c(N)n(C[C@H]2CCCO2)c2nc3ccccc3nc12. The Morgan fingerprint density at radius 2 is 1.97 bits per heavy atom. The molecule has 0 saturated carbocycles. The summed E-state index contributed by atoms with van der Waals surface area (Å²) in [5.41, 5.74) is 9.38. The lowest BCUT2D eigenvalue weighted by molar-refractivity contribution is 0.0500. The van der Waals surface area contributed by atoms with Gasteiger partial charge in [0.1, 0.15) is 16.9 Å². The Hall–Kier alpha value is -2.67. The first kappa shape index (κ1) is 20.6. The second-order valence-corrected chi connectivity index (χ2v) is 7.94. The molecule has 0 bridgehead atoms. The second kappa shape index (κ2) is 9.43. The van der Waals surface area contributed by atoms with Crippen LogP contribution < -0.4 is 5.73 Å². The van der Waals surface area contributed by atoms with Crippen molar-refractivity contribution in [2.45, 2.75) is 64.5 Å². The van der Waals surface area contributed by atoms with Gasteiger partial charge in [-0.3, -0.25) is 0 Å². The van der Waals surface area contributed by atoms with E-state index in [2.05, 4.69) is 6.92 Å². The van der Waals surface area contributed by atoms with Crippen molar-refractivity contribution in [3.05, 3.63) is 29.8 Å². The minimum absolute atomic E-state index is 0.0682. The highest BCUT2D eigenvalue weighted by Gasteiger charge is 2.27. The van der Waals surface area contributed by atoms with E-state index in [1.807, 2.05) is 28.8 Å². The molecule has 2 N–H and O–H groups in total. The lowest BCUT2D eigenvalue weighted by atomic mass is 10.2. The zero-order chi connectivity index (χ0) is 20.9. The third-order valence-electron chi connectivity index (χ3n) is 5.69. The Morgan fingerprint density at radius 3 is 2.70 bits per heavy atom. The molecular formula is C23H30N4O3. The van der Waals surface area contributed by atoms with E-state index in [4.69, 9.17) is 25.2 Å². The van der Waals surface area contributed by atoms with Gasteiger partial charge in [0, 0.05) is 6.61 Å². The molecule has 30 heavy (non-hydrogen) atoms. The monoisotopic (exact) mass is 410 g/mol. The van der Waals surface area contributed by atoms with E-state index in [1.54, 1.807) is 0 Å². The summed E-state index contributed by atoms with van der Waals surface area (Å²) in [7, 11) is 0. The average Bonchev–Trinajstić information content (AvgIpc) is 3.36. The van der Waals surface area contributed by atoms with E-state index in [0.29, 0.717) is 35.7 Å². The number of rotatable bonds is 9. The van der Waals surface area contributed by atoms with Gasteiger partial charge in [-0.25, -0.2) is 14.8 Å².